The molecule has 0 aliphatic carbocycles. The predicted octanol–water partition coefficient (Wildman–Crippen LogP) is 4.53. The van der Waals surface area contributed by atoms with Gasteiger partial charge >= 0.3 is 0 Å². The van der Waals surface area contributed by atoms with Crippen molar-refractivity contribution in [1.29, 1.82) is 0 Å². The van der Waals surface area contributed by atoms with Crippen LogP contribution in [0.3, 0.4) is 0 Å². The molecule has 5 heteroatoms. The summed E-state index contributed by atoms with van der Waals surface area (Å²) in [5.41, 5.74) is 2.81. The van der Waals surface area contributed by atoms with E-state index in [1.807, 2.05) is 47.8 Å². The van der Waals surface area contributed by atoms with E-state index in [0.717, 1.165) is 22.5 Å². The minimum absolute atomic E-state index is 0.106. The SMILES string of the molecule is O=C(Nc1cccc(C#Cc2cccs2)c1)c1cccc(N2CCCC2=O)c1. The third kappa shape index (κ3) is 4.13. The molecule has 138 valence electrons. The van der Waals surface area contributed by atoms with E-state index in [-0.39, 0.29) is 11.8 Å². The molecule has 0 saturated carbocycles. The molecule has 0 bridgehead atoms. The molecule has 0 radical (unpaired) electrons. The lowest BCUT2D eigenvalue weighted by molar-refractivity contribution is -0.117. The minimum atomic E-state index is -0.211. The molecule has 2 aromatic carbocycles. The molecule has 4 rings (SSSR count). The first-order chi connectivity index (χ1) is 13.7. The van der Waals surface area contributed by atoms with E-state index in [2.05, 4.69) is 17.2 Å². The van der Waals surface area contributed by atoms with Crippen LogP contribution in [0.4, 0.5) is 11.4 Å². The third-order valence-corrected chi connectivity index (χ3v) is 5.25. The summed E-state index contributed by atoms with van der Waals surface area (Å²) in [6.07, 6.45) is 1.42. The molecule has 4 nitrogen and oxygen atoms in total. The van der Waals surface area contributed by atoms with Crippen molar-refractivity contribution in [2.45, 2.75) is 12.8 Å². The molecule has 1 aliphatic heterocycles. The van der Waals surface area contributed by atoms with E-state index in [1.54, 1.807) is 34.4 Å². The van der Waals surface area contributed by atoms with Crippen LogP contribution in [0, 0.1) is 11.8 Å². The highest BCUT2D eigenvalue weighted by molar-refractivity contribution is 7.10. The van der Waals surface area contributed by atoms with Crippen molar-refractivity contribution >= 4 is 34.5 Å². The number of hydrogen-bond acceptors (Lipinski definition) is 3. The van der Waals surface area contributed by atoms with Crippen LogP contribution in [0.25, 0.3) is 0 Å². The molecule has 0 spiro atoms. The van der Waals surface area contributed by atoms with E-state index in [9.17, 15) is 9.59 Å². The number of rotatable bonds is 3. The van der Waals surface area contributed by atoms with Crippen molar-refractivity contribution < 1.29 is 9.59 Å². The largest absolute Gasteiger partial charge is 0.322 e. The van der Waals surface area contributed by atoms with Gasteiger partial charge in [-0.2, -0.15) is 0 Å². The minimum Gasteiger partial charge on any atom is -0.322 e. The summed E-state index contributed by atoms with van der Waals surface area (Å²) in [5, 5.41) is 4.90. The van der Waals surface area contributed by atoms with Gasteiger partial charge in [0.1, 0.15) is 0 Å². The highest BCUT2D eigenvalue weighted by atomic mass is 32.1. The lowest BCUT2D eigenvalue weighted by Gasteiger charge is -2.16. The number of nitrogens with zero attached hydrogens (tertiary/aromatic N) is 1. The number of amides is 2. The van der Waals surface area contributed by atoms with Crippen LogP contribution in [0.1, 0.15) is 33.6 Å². The summed E-state index contributed by atoms with van der Waals surface area (Å²) in [6.45, 7) is 0.703. The van der Waals surface area contributed by atoms with E-state index in [4.69, 9.17) is 0 Å². The maximum absolute atomic E-state index is 12.7. The zero-order chi connectivity index (χ0) is 19.3. The molecule has 1 N–H and O–H groups in total. The molecule has 0 atom stereocenters. The first kappa shape index (κ1) is 18.0. The van der Waals surface area contributed by atoms with Crippen molar-refractivity contribution in [3.05, 3.63) is 82.0 Å². The lowest BCUT2D eigenvalue weighted by atomic mass is 10.1. The van der Waals surface area contributed by atoms with Crippen LogP contribution in [0.15, 0.2) is 66.0 Å². The Kier molecular flexibility index (Phi) is 5.22. The zero-order valence-corrected chi connectivity index (χ0v) is 16.0. The van der Waals surface area contributed by atoms with Gasteiger partial charge in [0.25, 0.3) is 5.91 Å². The van der Waals surface area contributed by atoms with Crippen LogP contribution in [-0.2, 0) is 4.79 Å². The molecule has 1 saturated heterocycles. The van der Waals surface area contributed by atoms with Crippen molar-refractivity contribution in [2.24, 2.45) is 0 Å². The summed E-state index contributed by atoms with van der Waals surface area (Å²) in [7, 11) is 0. The quantitative estimate of drug-likeness (QED) is 0.673. The van der Waals surface area contributed by atoms with Gasteiger partial charge in [-0.15, -0.1) is 11.3 Å². The van der Waals surface area contributed by atoms with Crippen molar-refractivity contribution in [2.75, 3.05) is 16.8 Å². The Bertz CT molecular complexity index is 1080. The Morgan fingerprint density at radius 2 is 1.93 bits per heavy atom. The van der Waals surface area contributed by atoms with Crippen molar-refractivity contribution in [3.63, 3.8) is 0 Å². The average molecular weight is 386 g/mol. The van der Waals surface area contributed by atoms with Gasteiger partial charge in [-0.1, -0.05) is 30.0 Å². The van der Waals surface area contributed by atoms with Gasteiger partial charge in [-0.25, -0.2) is 0 Å². The number of carbonyl (C=O) groups excluding carboxylic acids is 2. The third-order valence-electron chi connectivity index (χ3n) is 4.47. The molecule has 1 aliphatic rings. The zero-order valence-electron chi connectivity index (χ0n) is 15.1. The van der Waals surface area contributed by atoms with Gasteiger partial charge in [0.15, 0.2) is 0 Å². The first-order valence-electron chi connectivity index (χ1n) is 9.06. The van der Waals surface area contributed by atoms with Gasteiger partial charge in [0, 0.05) is 35.5 Å². The molecule has 1 aromatic heterocycles. The van der Waals surface area contributed by atoms with Gasteiger partial charge in [0.2, 0.25) is 5.91 Å². The molecule has 0 unspecified atom stereocenters. The van der Waals surface area contributed by atoms with Gasteiger partial charge in [0.05, 0.1) is 4.88 Å². The van der Waals surface area contributed by atoms with Crippen LogP contribution >= 0.6 is 11.3 Å². The number of benzene rings is 2. The molecule has 3 aromatic rings. The summed E-state index contributed by atoms with van der Waals surface area (Å²) >= 11 is 1.59. The second-order valence-electron chi connectivity index (χ2n) is 6.46. The molecule has 28 heavy (non-hydrogen) atoms. The van der Waals surface area contributed by atoms with Crippen LogP contribution in [-0.4, -0.2) is 18.4 Å². The topological polar surface area (TPSA) is 49.4 Å². The number of hydrogen-bond donors (Lipinski definition) is 1. The molecule has 2 amide bonds. The van der Waals surface area contributed by atoms with Gasteiger partial charge in [-0.3, -0.25) is 9.59 Å². The summed E-state index contributed by atoms with van der Waals surface area (Å²) in [6, 6.07) is 18.6. The summed E-state index contributed by atoms with van der Waals surface area (Å²) in [5.74, 6) is 6.13. The Labute approximate surface area is 167 Å². The highest BCUT2D eigenvalue weighted by Gasteiger charge is 2.22. The van der Waals surface area contributed by atoms with Crippen molar-refractivity contribution in [3.8, 4) is 11.8 Å². The van der Waals surface area contributed by atoms with Crippen LogP contribution in [0.5, 0.6) is 0 Å². The molecular weight excluding hydrogens is 368 g/mol. The lowest BCUT2D eigenvalue weighted by Crippen LogP contribution is -2.24. The Hall–Kier alpha value is -3.36. The fraction of sp³-hybridized carbons (Fsp3) is 0.130. The maximum Gasteiger partial charge on any atom is 0.255 e. The Morgan fingerprint density at radius 1 is 1.04 bits per heavy atom. The second kappa shape index (κ2) is 8.12. The maximum atomic E-state index is 12.7. The Balaban J connectivity index is 1.49. The number of nitrogens with one attached hydrogen (secondary N) is 1. The van der Waals surface area contributed by atoms with Crippen molar-refractivity contribution in [1.82, 2.24) is 0 Å². The number of carbonyl (C=O) groups is 2. The van der Waals surface area contributed by atoms with E-state index in [0.29, 0.717) is 24.2 Å². The fourth-order valence-corrected chi connectivity index (χ4v) is 3.67. The first-order valence-corrected chi connectivity index (χ1v) is 9.94. The fourth-order valence-electron chi connectivity index (χ4n) is 3.10. The van der Waals surface area contributed by atoms with E-state index < -0.39 is 0 Å². The van der Waals surface area contributed by atoms with Crippen LogP contribution < -0.4 is 10.2 Å². The number of thiophene rings is 1. The standard InChI is InChI=1S/C23H18N2O2S/c26-22-10-3-13-25(22)20-8-2-6-18(16-20)23(27)24-19-7-1-5-17(15-19)11-12-21-9-4-14-28-21/h1-2,4-9,14-16H,3,10,13H2,(H,24,27). The van der Waals surface area contributed by atoms with Gasteiger partial charge < -0.3 is 10.2 Å². The van der Waals surface area contributed by atoms with Gasteiger partial charge in [-0.05, 0) is 54.3 Å². The molecule has 2 heterocycles. The predicted molar refractivity (Wildman–Crippen MR) is 113 cm³/mol. The van der Waals surface area contributed by atoms with Crippen LogP contribution in [0.2, 0.25) is 0 Å². The Morgan fingerprint density at radius 3 is 2.71 bits per heavy atom. The highest BCUT2D eigenvalue weighted by Crippen LogP contribution is 2.23. The smallest absolute Gasteiger partial charge is 0.255 e. The number of anilines is 2. The average Bonchev–Trinajstić information content (AvgIpc) is 3.38. The second-order valence-corrected chi connectivity index (χ2v) is 7.41. The monoisotopic (exact) mass is 386 g/mol. The molecular formula is C23H18N2O2S. The van der Waals surface area contributed by atoms with E-state index >= 15 is 0 Å². The summed E-state index contributed by atoms with van der Waals surface area (Å²) < 4.78 is 0. The normalized spacial score (nSPS) is 13.1. The van der Waals surface area contributed by atoms with E-state index in [1.165, 1.54) is 0 Å². The summed E-state index contributed by atoms with van der Waals surface area (Å²) in [4.78, 5) is 27.4. The molecule has 1 fully saturated rings.